The minimum absolute atomic E-state index is 0.155. The zero-order valence-corrected chi connectivity index (χ0v) is 11.2. The lowest BCUT2D eigenvalue weighted by molar-refractivity contribution is -0.141. The van der Waals surface area contributed by atoms with E-state index >= 15 is 0 Å². The highest BCUT2D eigenvalue weighted by molar-refractivity contribution is 5.69. The molecule has 3 nitrogen and oxygen atoms in total. The number of hydrogen-bond acceptors (Lipinski definition) is 3. The summed E-state index contributed by atoms with van der Waals surface area (Å²) in [6.45, 7) is 2.03. The average molecular weight is 248 g/mol. The summed E-state index contributed by atoms with van der Waals surface area (Å²) < 4.78 is 9.79. The van der Waals surface area contributed by atoms with Crippen LogP contribution < -0.4 is 4.74 Å². The molecule has 0 saturated carbocycles. The molecule has 1 rings (SSSR count). The predicted octanol–water partition coefficient (Wildman–Crippen LogP) is 3.30. The Hall–Kier alpha value is -1.77. The van der Waals surface area contributed by atoms with Crippen LogP contribution in [0.5, 0.6) is 5.75 Å². The summed E-state index contributed by atoms with van der Waals surface area (Å²) in [5.41, 5.74) is 1.10. The van der Waals surface area contributed by atoms with Crippen LogP contribution in [0.4, 0.5) is 0 Å². The van der Waals surface area contributed by atoms with E-state index in [1.54, 1.807) is 7.11 Å². The van der Waals surface area contributed by atoms with Crippen molar-refractivity contribution in [2.45, 2.75) is 19.8 Å². The number of benzene rings is 1. The molecule has 0 spiro atoms. The average Bonchev–Trinajstić information content (AvgIpc) is 2.38. The van der Waals surface area contributed by atoms with E-state index in [4.69, 9.17) is 4.74 Å². The molecule has 0 amide bonds. The lowest BCUT2D eigenvalue weighted by Crippen LogP contribution is -2.06. The third-order valence-corrected chi connectivity index (χ3v) is 2.69. The van der Waals surface area contributed by atoms with Crippen LogP contribution in [0, 0.1) is 5.92 Å². The summed E-state index contributed by atoms with van der Waals surface area (Å²) in [5, 5.41) is 0. The van der Waals surface area contributed by atoms with E-state index in [1.165, 1.54) is 7.11 Å². The van der Waals surface area contributed by atoms with Crippen molar-refractivity contribution in [3.63, 3.8) is 0 Å². The number of rotatable bonds is 6. The van der Waals surface area contributed by atoms with Crippen molar-refractivity contribution in [2.75, 3.05) is 14.2 Å². The summed E-state index contributed by atoms with van der Waals surface area (Å²) in [7, 11) is 3.07. The Kier molecular flexibility index (Phi) is 5.98. The van der Waals surface area contributed by atoms with E-state index in [-0.39, 0.29) is 5.97 Å². The van der Waals surface area contributed by atoms with Crippen molar-refractivity contribution in [3.8, 4) is 5.75 Å². The Morgan fingerprint density at radius 1 is 1.39 bits per heavy atom. The molecule has 18 heavy (non-hydrogen) atoms. The van der Waals surface area contributed by atoms with E-state index in [2.05, 4.69) is 10.8 Å². The Labute approximate surface area is 108 Å². The number of carbonyl (C=O) groups is 1. The van der Waals surface area contributed by atoms with Gasteiger partial charge in [-0.1, -0.05) is 31.2 Å². The third-order valence-electron chi connectivity index (χ3n) is 2.69. The maximum absolute atomic E-state index is 11.1. The molecule has 0 bridgehead atoms. The van der Waals surface area contributed by atoms with Crippen LogP contribution in [0.2, 0.25) is 0 Å². The highest BCUT2D eigenvalue weighted by atomic mass is 16.5. The number of methoxy groups -OCH3 is 2. The molecule has 0 heterocycles. The van der Waals surface area contributed by atoms with Crippen molar-refractivity contribution in [1.82, 2.24) is 0 Å². The van der Waals surface area contributed by atoms with Crippen LogP contribution in [-0.4, -0.2) is 20.2 Å². The number of esters is 1. The monoisotopic (exact) mass is 248 g/mol. The molecule has 98 valence electrons. The first kappa shape index (κ1) is 14.3. The van der Waals surface area contributed by atoms with Gasteiger partial charge >= 0.3 is 5.97 Å². The van der Waals surface area contributed by atoms with Crippen molar-refractivity contribution in [3.05, 3.63) is 35.9 Å². The molecule has 0 N–H and O–H groups in total. The Bertz CT molecular complexity index is 410. The van der Waals surface area contributed by atoms with Gasteiger partial charge in [0.1, 0.15) is 5.75 Å². The van der Waals surface area contributed by atoms with Gasteiger partial charge in [0.2, 0.25) is 0 Å². The molecule has 3 heteroatoms. The fraction of sp³-hybridized carbons (Fsp3) is 0.400. The Balaban J connectivity index is 2.46. The number of ether oxygens (including phenoxy) is 2. The van der Waals surface area contributed by atoms with Crippen molar-refractivity contribution >= 4 is 12.0 Å². The van der Waals surface area contributed by atoms with Gasteiger partial charge in [-0.3, -0.25) is 4.79 Å². The molecule has 0 aromatic heterocycles. The summed E-state index contributed by atoms with van der Waals surface area (Å²) in [6.07, 6.45) is 5.42. The first-order valence-corrected chi connectivity index (χ1v) is 6.03. The number of allylic oxidation sites excluding steroid dienone is 1. The van der Waals surface area contributed by atoms with Gasteiger partial charge in [0.25, 0.3) is 0 Å². The smallest absolute Gasteiger partial charge is 0.305 e. The molecular formula is C15H20O3. The molecule has 0 aliphatic heterocycles. The van der Waals surface area contributed by atoms with Crippen molar-refractivity contribution in [2.24, 2.45) is 5.92 Å². The molecule has 0 radical (unpaired) electrons. The highest BCUT2D eigenvalue weighted by Gasteiger charge is 2.06. The molecule has 1 atom stereocenters. The molecule has 0 aliphatic rings. The Morgan fingerprint density at radius 2 is 2.17 bits per heavy atom. The maximum atomic E-state index is 11.1. The molecule has 1 aromatic rings. The van der Waals surface area contributed by atoms with E-state index in [0.29, 0.717) is 12.3 Å². The summed E-state index contributed by atoms with van der Waals surface area (Å²) >= 11 is 0. The van der Waals surface area contributed by atoms with E-state index in [9.17, 15) is 4.79 Å². The van der Waals surface area contributed by atoms with Crippen LogP contribution >= 0.6 is 0 Å². The highest BCUT2D eigenvalue weighted by Crippen LogP contribution is 2.15. The van der Waals surface area contributed by atoms with Gasteiger partial charge in [0, 0.05) is 6.42 Å². The van der Waals surface area contributed by atoms with Crippen LogP contribution in [-0.2, 0) is 9.53 Å². The van der Waals surface area contributed by atoms with E-state index in [0.717, 1.165) is 17.7 Å². The maximum Gasteiger partial charge on any atom is 0.305 e. The quantitative estimate of drug-likeness (QED) is 0.725. The van der Waals surface area contributed by atoms with Gasteiger partial charge in [-0.2, -0.15) is 0 Å². The summed E-state index contributed by atoms with van der Waals surface area (Å²) in [4.78, 5) is 11.1. The predicted molar refractivity (Wildman–Crippen MR) is 72.4 cm³/mol. The fourth-order valence-electron chi connectivity index (χ4n) is 1.63. The summed E-state index contributed by atoms with van der Waals surface area (Å²) in [6, 6.07) is 7.86. The largest absolute Gasteiger partial charge is 0.497 e. The second-order valence-corrected chi connectivity index (χ2v) is 4.30. The number of carbonyl (C=O) groups excluding carboxylic acids is 1. The van der Waals surface area contributed by atoms with Gasteiger partial charge < -0.3 is 9.47 Å². The van der Waals surface area contributed by atoms with E-state index < -0.39 is 0 Å². The van der Waals surface area contributed by atoms with Gasteiger partial charge in [-0.25, -0.2) is 0 Å². The molecule has 0 aliphatic carbocycles. The molecular weight excluding hydrogens is 228 g/mol. The fourth-order valence-corrected chi connectivity index (χ4v) is 1.63. The number of hydrogen-bond donors (Lipinski definition) is 0. The molecule has 1 unspecified atom stereocenters. The van der Waals surface area contributed by atoms with Gasteiger partial charge in [0.05, 0.1) is 14.2 Å². The Morgan fingerprint density at radius 3 is 2.83 bits per heavy atom. The third kappa shape index (κ3) is 5.04. The minimum atomic E-state index is -0.155. The lowest BCUT2D eigenvalue weighted by atomic mass is 10.0. The van der Waals surface area contributed by atoms with Crippen LogP contribution in [0.15, 0.2) is 30.3 Å². The molecule has 0 fully saturated rings. The second-order valence-electron chi connectivity index (χ2n) is 4.30. The van der Waals surface area contributed by atoms with E-state index in [1.807, 2.05) is 37.3 Å². The standard InChI is InChI=1S/C15H20O3/c1-12(10-15(16)18-3)6-4-7-13-8-5-9-14(11-13)17-2/h4-5,7-9,11-12H,6,10H2,1-3H3/b7-4+. The first-order chi connectivity index (χ1) is 8.65. The zero-order chi connectivity index (χ0) is 13.4. The summed E-state index contributed by atoms with van der Waals surface area (Å²) in [5.74, 6) is 0.983. The first-order valence-electron chi connectivity index (χ1n) is 6.03. The normalized spacial score (nSPS) is 12.4. The van der Waals surface area contributed by atoms with Crippen LogP contribution in [0.1, 0.15) is 25.3 Å². The lowest BCUT2D eigenvalue weighted by Gasteiger charge is -2.06. The van der Waals surface area contributed by atoms with Crippen molar-refractivity contribution < 1.29 is 14.3 Å². The van der Waals surface area contributed by atoms with Crippen molar-refractivity contribution in [1.29, 1.82) is 0 Å². The van der Waals surface area contributed by atoms with Gasteiger partial charge in [-0.05, 0) is 30.0 Å². The SMILES string of the molecule is COC(=O)CC(C)C/C=C/c1cccc(OC)c1. The van der Waals surface area contributed by atoms with Crippen LogP contribution in [0.25, 0.3) is 6.08 Å². The van der Waals surface area contributed by atoms with Crippen LogP contribution in [0.3, 0.4) is 0 Å². The molecule has 1 aromatic carbocycles. The van der Waals surface area contributed by atoms with Gasteiger partial charge in [-0.15, -0.1) is 0 Å². The second kappa shape index (κ2) is 7.54. The molecule has 0 saturated heterocycles. The topological polar surface area (TPSA) is 35.5 Å². The minimum Gasteiger partial charge on any atom is -0.497 e. The zero-order valence-electron chi connectivity index (χ0n) is 11.2. The van der Waals surface area contributed by atoms with Gasteiger partial charge in [0.15, 0.2) is 0 Å².